The fraction of sp³-hybridized carbons (Fsp3) is 0.292. The summed E-state index contributed by atoms with van der Waals surface area (Å²) in [6.07, 6.45) is 7.59. The van der Waals surface area contributed by atoms with Crippen molar-refractivity contribution in [2.75, 3.05) is 0 Å². The summed E-state index contributed by atoms with van der Waals surface area (Å²) < 4.78 is 9.80. The Kier molecular flexibility index (Phi) is 4.83. The van der Waals surface area contributed by atoms with Gasteiger partial charge in [0.15, 0.2) is 0 Å². The van der Waals surface area contributed by atoms with Crippen molar-refractivity contribution < 1.29 is 9.53 Å². The van der Waals surface area contributed by atoms with E-state index in [0.29, 0.717) is 18.5 Å². The van der Waals surface area contributed by atoms with Crippen LogP contribution in [0.4, 0.5) is 0 Å². The maximum absolute atomic E-state index is 12.9. The first kappa shape index (κ1) is 18.6. The summed E-state index contributed by atoms with van der Waals surface area (Å²) >= 11 is 0. The molecule has 1 aliphatic rings. The molecule has 5 rings (SSSR count). The number of esters is 1. The third kappa shape index (κ3) is 3.38. The molecular formula is C24H24N4O2. The zero-order valence-electron chi connectivity index (χ0n) is 17.0. The summed E-state index contributed by atoms with van der Waals surface area (Å²) in [6, 6.07) is 16.0. The number of para-hydroxylation sites is 1. The number of rotatable bonds is 6. The van der Waals surface area contributed by atoms with Crippen molar-refractivity contribution >= 4 is 16.9 Å². The van der Waals surface area contributed by atoms with Gasteiger partial charge in [0.05, 0.1) is 23.3 Å². The molecule has 0 bridgehead atoms. The third-order valence-electron chi connectivity index (χ3n) is 5.65. The van der Waals surface area contributed by atoms with Crippen LogP contribution in [0.2, 0.25) is 0 Å². The summed E-state index contributed by atoms with van der Waals surface area (Å²) in [5.74, 6) is -0.276. The minimum Gasteiger partial charge on any atom is -0.456 e. The molecular weight excluding hydrogens is 376 g/mol. The van der Waals surface area contributed by atoms with Crippen LogP contribution in [-0.4, -0.2) is 31.6 Å². The number of hydrogen-bond acceptors (Lipinski definition) is 4. The van der Waals surface area contributed by atoms with E-state index in [2.05, 4.69) is 46.2 Å². The van der Waals surface area contributed by atoms with Gasteiger partial charge in [-0.15, -0.1) is 5.10 Å². The van der Waals surface area contributed by atoms with E-state index in [0.717, 1.165) is 47.1 Å². The quantitative estimate of drug-likeness (QED) is 0.452. The van der Waals surface area contributed by atoms with Gasteiger partial charge in [0.2, 0.25) is 0 Å². The van der Waals surface area contributed by atoms with Crippen LogP contribution in [0, 0.1) is 0 Å². The smallest absolute Gasteiger partial charge is 0.339 e. The summed E-state index contributed by atoms with van der Waals surface area (Å²) in [5.41, 5.74) is 4.83. The Morgan fingerprint density at radius 1 is 1.10 bits per heavy atom. The first-order chi connectivity index (χ1) is 14.7. The number of nitrogens with zero attached hydrogens (tertiary/aromatic N) is 4. The molecule has 2 aromatic carbocycles. The van der Waals surface area contributed by atoms with Gasteiger partial charge in [-0.05, 0) is 42.7 Å². The number of carbonyl (C=O) groups excluding carboxylic acids is 1. The number of aryl methyl sites for hydroxylation is 1. The molecule has 2 aromatic heterocycles. The molecule has 3 heterocycles. The van der Waals surface area contributed by atoms with Crippen molar-refractivity contribution in [3.05, 3.63) is 77.7 Å². The first-order valence-corrected chi connectivity index (χ1v) is 10.5. The Morgan fingerprint density at radius 2 is 1.97 bits per heavy atom. The second-order valence-electron chi connectivity index (χ2n) is 7.83. The second kappa shape index (κ2) is 7.78. The van der Waals surface area contributed by atoms with Gasteiger partial charge in [-0.2, -0.15) is 0 Å². The van der Waals surface area contributed by atoms with E-state index in [-0.39, 0.29) is 12.1 Å². The molecule has 0 aliphatic carbocycles. The van der Waals surface area contributed by atoms with Crippen LogP contribution in [0.15, 0.2) is 60.9 Å². The second-order valence-corrected chi connectivity index (χ2v) is 7.83. The number of ether oxygens (including phenoxy) is 1. The van der Waals surface area contributed by atoms with Crippen LogP contribution >= 0.6 is 0 Å². The van der Waals surface area contributed by atoms with E-state index < -0.39 is 0 Å². The van der Waals surface area contributed by atoms with E-state index in [1.165, 1.54) is 0 Å². The molecule has 0 amide bonds. The minimum absolute atomic E-state index is 0.276. The zero-order valence-corrected chi connectivity index (χ0v) is 17.0. The molecule has 0 fully saturated rings. The monoisotopic (exact) mass is 400 g/mol. The minimum atomic E-state index is -0.291. The lowest BCUT2D eigenvalue weighted by Crippen LogP contribution is -2.24. The summed E-state index contributed by atoms with van der Waals surface area (Å²) in [7, 11) is 0. The van der Waals surface area contributed by atoms with Crippen LogP contribution in [0.5, 0.6) is 0 Å². The van der Waals surface area contributed by atoms with Gasteiger partial charge in [0.1, 0.15) is 6.10 Å². The zero-order chi connectivity index (χ0) is 20.5. The fourth-order valence-corrected chi connectivity index (χ4v) is 4.21. The van der Waals surface area contributed by atoms with Gasteiger partial charge in [-0.25, -0.2) is 9.48 Å². The van der Waals surface area contributed by atoms with Gasteiger partial charge in [0.25, 0.3) is 0 Å². The lowest BCUT2D eigenvalue weighted by atomic mass is 10.0. The molecule has 30 heavy (non-hydrogen) atoms. The van der Waals surface area contributed by atoms with Gasteiger partial charge < -0.3 is 9.30 Å². The molecule has 0 N–H and O–H groups in total. The van der Waals surface area contributed by atoms with Gasteiger partial charge in [0, 0.05) is 29.9 Å². The topological polar surface area (TPSA) is 61.9 Å². The lowest BCUT2D eigenvalue weighted by molar-refractivity contribution is 0.0264. The van der Waals surface area contributed by atoms with Crippen LogP contribution in [0.1, 0.15) is 41.4 Å². The van der Waals surface area contributed by atoms with Crippen molar-refractivity contribution in [3.8, 4) is 5.69 Å². The van der Waals surface area contributed by atoms with E-state index in [1.54, 1.807) is 4.68 Å². The fourth-order valence-electron chi connectivity index (χ4n) is 4.21. The highest BCUT2D eigenvalue weighted by molar-refractivity contribution is 6.06. The number of aromatic nitrogens is 4. The van der Waals surface area contributed by atoms with Crippen LogP contribution in [0.25, 0.3) is 16.6 Å². The van der Waals surface area contributed by atoms with Crippen molar-refractivity contribution in [3.63, 3.8) is 0 Å². The molecule has 6 heteroatoms. The van der Waals surface area contributed by atoms with Gasteiger partial charge >= 0.3 is 5.97 Å². The third-order valence-corrected chi connectivity index (χ3v) is 5.65. The molecule has 4 aromatic rings. The molecule has 1 unspecified atom stereocenters. The van der Waals surface area contributed by atoms with Crippen molar-refractivity contribution in [1.29, 1.82) is 0 Å². The number of hydrogen-bond donors (Lipinski definition) is 0. The molecule has 1 aliphatic heterocycles. The van der Waals surface area contributed by atoms with Crippen LogP contribution in [0.3, 0.4) is 0 Å². The molecule has 6 nitrogen and oxygen atoms in total. The van der Waals surface area contributed by atoms with Gasteiger partial charge in [-0.3, -0.25) is 0 Å². The van der Waals surface area contributed by atoms with Gasteiger partial charge in [-0.1, -0.05) is 42.8 Å². The van der Waals surface area contributed by atoms with Crippen molar-refractivity contribution in [1.82, 2.24) is 19.6 Å². The van der Waals surface area contributed by atoms with Crippen molar-refractivity contribution in [2.45, 2.75) is 45.3 Å². The normalized spacial score (nSPS) is 15.9. The molecule has 0 radical (unpaired) electrons. The highest BCUT2D eigenvalue weighted by atomic mass is 16.5. The molecule has 0 spiro atoms. The molecule has 1 atom stereocenters. The Balaban J connectivity index is 1.48. The molecule has 0 saturated heterocycles. The number of benzene rings is 2. The van der Waals surface area contributed by atoms with E-state index in [9.17, 15) is 4.79 Å². The highest BCUT2D eigenvalue weighted by Gasteiger charge is 2.28. The first-order valence-electron chi connectivity index (χ1n) is 10.5. The largest absolute Gasteiger partial charge is 0.456 e. The predicted octanol–water partition coefficient (Wildman–Crippen LogP) is 4.35. The highest BCUT2D eigenvalue weighted by Crippen LogP contribution is 2.32. The van der Waals surface area contributed by atoms with E-state index in [4.69, 9.17) is 4.74 Å². The van der Waals surface area contributed by atoms with Crippen LogP contribution in [-0.2, 0) is 24.1 Å². The van der Waals surface area contributed by atoms with E-state index >= 15 is 0 Å². The SMILES string of the molecule is CCCCc1cn(CC2Cc3cn(-c4ccccc4)c4cccc(c34)C(=O)O2)nn1. The number of cyclic esters (lactones) is 1. The standard InChI is InChI=1S/C24H24N4O2/c1-2-3-8-18-15-27(26-25-18)16-20-13-17-14-28(19-9-5-4-6-10-19)22-12-7-11-21(23(17)22)24(29)30-20/h4-7,9-12,14-15,20H,2-3,8,13,16H2,1H3. The van der Waals surface area contributed by atoms with E-state index in [1.807, 2.05) is 36.5 Å². The summed E-state index contributed by atoms with van der Waals surface area (Å²) in [5, 5.41) is 9.47. The Bertz CT molecular complexity index is 1190. The Hall–Kier alpha value is -3.41. The number of unbranched alkanes of at least 4 members (excludes halogenated alkanes) is 1. The maximum atomic E-state index is 12.9. The average Bonchev–Trinajstić information content (AvgIpc) is 3.33. The maximum Gasteiger partial charge on any atom is 0.339 e. The molecule has 152 valence electrons. The Morgan fingerprint density at radius 3 is 2.80 bits per heavy atom. The number of carbonyl (C=O) groups is 1. The predicted molar refractivity (Wildman–Crippen MR) is 115 cm³/mol. The average molecular weight is 400 g/mol. The molecule has 0 saturated carbocycles. The summed E-state index contributed by atoms with van der Waals surface area (Å²) in [4.78, 5) is 12.9. The summed E-state index contributed by atoms with van der Waals surface area (Å²) in [6.45, 7) is 2.66. The van der Waals surface area contributed by atoms with Crippen LogP contribution < -0.4 is 0 Å². The lowest BCUT2D eigenvalue weighted by Gasteiger charge is -2.15. The van der Waals surface area contributed by atoms with Crippen molar-refractivity contribution in [2.24, 2.45) is 0 Å². The Labute approximate surface area is 175 Å².